The smallest absolute Gasteiger partial charge is 0.407 e. The van der Waals surface area contributed by atoms with Gasteiger partial charge in [0.15, 0.2) is 0 Å². The Bertz CT molecular complexity index is 595. The van der Waals surface area contributed by atoms with Gasteiger partial charge in [0.2, 0.25) is 0 Å². The number of likely N-dealkylation sites (tertiary alicyclic amines) is 1. The molecular weight excluding hydrogens is 158 g/mol. The van der Waals surface area contributed by atoms with Gasteiger partial charge in [-0.3, -0.25) is 4.90 Å². The van der Waals surface area contributed by atoms with Crippen LogP contribution in [0, 0.1) is 11.8 Å². The van der Waals surface area contributed by atoms with Gasteiger partial charge in [-0.1, -0.05) is 0 Å². The van der Waals surface area contributed by atoms with Gasteiger partial charge in [0.1, 0.15) is 7.63 Å². The van der Waals surface area contributed by atoms with Crippen LogP contribution < -0.4 is 0 Å². The van der Waals surface area contributed by atoms with E-state index in [2.05, 4.69) is 0 Å². The van der Waals surface area contributed by atoms with E-state index in [4.69, 9.17) is 18.8 Å². The van der Waals surface area contributed by atoms with Gasteiger partial charge in [-0.25, -0.2) is 4.79 Å². The van der Waals surface area contributed by atoms with Crippen molar-refractivity contribution in [3.63, 3.8) is 0 Å². The first-order valence-corrected chi connectivity index (χ1v) is 3.05. The summed E-state index contributed by atoms with van der Waals surface area (Å²) >= 11 is 0. The maximum absolute atomic E-state index is 11.5. The van der Waals surface area contributed by atoms with E-state index in [1.807, 2.05) is 0 Å². The maximum Gasteiger partial charge on any atom is 0.407 e. The third-order valence-electron chi connectivity index (χ3n) is 1.42. The number of amides is 1. The predicted molar refractivity (Wildman–Crippen MR) is 40.8 cm³/mol. The number of rotatable bonds is 1. The number of nitrogens with zero attached hydrogens (tertiary/aromatic N) is 1. The summed E-state index contributed by atoms with van der Waals surface area (Å²) < 4.78 is 76.7. The number of piperidine rings is 1. The van der Waals surface area contributed by atoms with Crippen molar-refractivity contribution in [1.29, 1.82) is 0 Å². The zero-order chi connectivity index (χ0) is 17.7. The zero-order valence-corrected chi connectivity index (χ0v) is 5.71. The quantitative estimate of drug-likeness (QED) is 0.599. The lowest BCUT2D eigenvalue weighted by Gasteiger charge is -2.29. The molecule has 0 unspecified atom stereocenters. The molecule has 1 amide bonds. The van der Waals surface area contributed by atoms with Crippen LogP contribution in [-0.4, -0.2) is 34.9 Å². The Balaban J connectivity index is 2.91. The van der Waals surface area contributed by atoms with E-state index < -0.39 is 54.3 Å². The van der Waals surface area contributed by atoms with E-state index in [9.17, 15) is 9.59 Å². The van der Waals surface area contributed by atoms with Crippen molar-refractivity contribution in [1.82, 2.24) is 4.90 Å². The van der Waals surface area contributed by atoms with Gasteiger partial charge in [0, 0.05) is 17.5 Å². The lowest BCUT2D eigenvalue weighted by Crippen LogP contribution is -2.44. The van der Waals surface area contributed by atoms with Gasteiger partial charge in [-0.2, -0.15) is 0 Å². The number of carbonyl (C=O) groups is 2. The van der Waals surface area contributed by atoms with Gasteiger partial charge < -0.3 is 9.90 Å². The number of hydrogen-bond donors (Lipinski definition) is 1. The molecule has 0 bridgehead atoms. The standard InChI is InChI=1S/C8H11NO3/c10-4-7-2-5-1-6(5)3-9(7)8(11)12/h4-7H,1-3H2,(H,11,12)/t5-,6+,7-/m0/s1/i1D2,2D2,3D2,4D,5D,6D,7D. The third-order valence-corrected chi connectivity index (χ3v) is 1.42. The van der Waals surface area contributed by atoms with Crippen LogP contribution in [0.5, 0.6) is 0 Å². The van der Waals surface area contributed by atoms with Crippen molar-refractivity contribution < 1.29 is 28.4 Å². The van der Waals surface area contributed by atoms with Gasteiger partial charge in [0.25, 0.3) is 0 Å². The van der Waals surface area contributed by atoms with Crippen LogP contribution in [0.15, 0.2) is 0 Å². The van der Waals surface area contributed by atoms with E-state index in [1.54, 1.807) is 0 Å². The van der Waals surface area contributed by atoms with Crippen LogP contribution in [0.2, 0.25) is 0 Å². The molecule has 2 rings (SSSR count). The molecule has 4 heteroatoms. The fourth-order valence-corrected chi connectivity index (χ4v) is 0.828. The first-order valence-electron chi connectivity index (χ1n) is 8.05. The summed E-state index contributed by atoms with van der Waals surface area (Å²) in [6.07, 6.45) is -11.3. The van der Waals surface area contributed by atoms with E-state index in [0.717, 1.165) is 0 Å². The fourth-order valence-electron chi connectivity index (χ4n) is 0.828. The van der Waals surface area contributed by atoms with E-state index in [-0.39, 0.29) is 0 Å². The van der Waals surface area contributed by atoms with Crippen LogP contribution in [0.1, 0.15) is 26.5 Å². The van der Waals surface area contributed by atoms with Crippen LogP contribution in [0.25, 0.3) is 0 Å². The molecule has 1 saturated carbocycles. The summed E-state index contributed by atoms with van der Waals surface area (Å²) in [6, 6.07) is -3.72. The van der Waals surface area contributed by atoms with E-state index in [0.29, 0.717) is 0 Å². The van der Waals surface area contributed by atoms with Crippen LogP contribution in [0.4, 0.5) is 4.79 Å². The van der Waals surface area contributed by atoms with Crippen molar-refractivity contribution in [2.75, 3.05) is 6.50 Å². The average molecular weight is 179 g/mol. The highest BCUT2D eigenvalue weighted by Gasteiger charge is 2.46. The van der Waals surface area contributed by atoms with Gasteiger partial charge in [-0.05, 0) is 24.5 Å². The van der Waals surface area contributed by atoms with Crippen molar-refractivity contribution in [3.8, 4) is 0 Å². The molecule has 0 aromatic heterocycles. The van der Waals surface area contributed by atoms with Crippen LogP contribution >= 0.6 is 0 Å². The molecule has 1 heterocycles. The Morgan fingerprint density at radius 2 is 2.50 bits per heavy atom. The first kappa shape index (κ1) is 2.25. The first-order chi connectivity index (χ1) is 9.51. The largest absolute Gasteiger partial charge is 0.465 e. The molecule has 12 heavy (non-hydrogen) atoms. The van der Waals surface area contributed by atoms with Crippen molar-refractivity contribution in [2.24, 2.45) is 11.8 Å². The second-order valence-electron chi connectivity index (χ2n) is 2.18. The minimum Gasteiger partial charge on any atom is -0.465 e. The summed E-state index contributed by atoms with van der Waals surface area (Å²) in [5.41, 5.74) is 0. The SMILES string of the molecule is [2H]C(=O)[C@@]1([2H])N(C(=O)O)C([2H])([2H])[C@@]2([2H])C([2H])([2H])[C@@]2([2H])C1([2H])[2H]. The molecule has 1 saturated heterocycles. The number of carbonyl (C=O) groups excluding carboxylic acids is 1. The molecular formula is C8H11NO3. The highest BCUT2D eigenvalue weighted by Crippen LogP contribution is 2.46. The van der Waals surface area contributed by atoms with Crippen LogP contribution in [-0.2, 0) is 4.79 Å². The van der Waals surface area contributed by atoms with Crippen molar-refractivity contribution in [2.45, 2.75) is 18.8 Å². The second kappa shape index (κ2) is 2.47. The summed E-state index contributed by atoms with van der Waals surface area (Å²) in [5, 5.41) is 9.09. The molecule has 66 valence electrons. The Morgan fingerprint density at radius 3 is 3.08 bits per heavy atom. The molecule has 0 aromatic rings. The monoisotopic (exact) mass is 179 g/mol. The van der Waals surface area contributed by atoms with E-state index in [1.165, 1.54) is 0 Å². The molecule has 4 nitrogen and oxygen atoms in total. The topological polar surface area (TPSA) is 57.6 Å². The van der Waals surface area contributed by atoms with Gasteiger partial charge in [-0.15, -0.1) is 0 Å². The molecule has 0 aromatic carbocycles. The number of aldehydes is 1. The predicted octanol–water partition coefficient (Wildman–Crippen LogP) is 0.574. The second-order valence-corrected chi connectivity index (χ2v) is 2.18. The molecule has 1 aliphatic carbocycles. The molecule has 2 aliphatic rings. The molecule has 0 spiro atoms. The minimum absolute atomic E-state index is 0.667. The minimum atomic E-state index is -3.72. The van der Waals surface area contributed by atoms with Crippen molar-refractivity contribution in [3.05, 3.63) is 0 Å². The number of fused-ring (bicyclic) bond motifs is 1. The third kappa shape index (κ3) is 1.07. The molecule has 1 N–H and O–H groups in total. The van der Waals surface area contributed by atoms with Gasteiger partial charge >= 0.3 is 6.09 Å². The maximum atomic E-state index is 11.5. The highest BCUT2D eigenvalue weighted by molar-refractivity contribution is 5.72. The lowest BCUT2D eigenvalue weighted by molar-refractivity contribution is -0.112. The number of hydrogen-bond acceptors (Lipinski definition) is 2. The van der Waals surface area contributed by atoms with E-state index >= 15 is 0 Å². The average Bonchev–Trinajstić information content (AvgIpc) is 2.69. The summed E-state index contributed by atoms with van der Waals surface area (Å²) in [6.45, 7) is -3.58. The number of carboxylic acid groups (broad SMARTS) is 1. The normalized spacial score (nSPS) is 81.8. The van der Waals surface area contributed by atoms with Crippen LogP contribution in [0.3, 0.4) is 0 Å². The Kier molecular flexibility index (Phi) is 0.462. The Hall–Kier alpha value is -1.06. The van der Waals surface area contributed by atoms with Gasteiger partial charge in [0.05, 0.1) is 7.39 Å². The fraction of sp³-hybridized carbons (Fsp3) is 0.750. The summed E-state index contributed by atoms with van der Waals surface area (Å²) in [5.74, 6) is -6.43. The Labute approximate surface area is 84.2 Å². The summed E-state index contributed by atoms with van der Waals surface area (Å²) in [7, 11) is 0. The zero-order valence-electron chi connectivity index (χ0n) is 15.7. The molecule has 0 radical (unpaired) electrons. The molecule has 3 atom stereocenters. The van der Waals surface area contributed by atoms with Crippen molar-refractivity contribution >= 4 is 12.4 Å². The molecule has 2 fully saturated rings. The Morgan fingerprint density at radius 1 is 1.75 bits per heavy atom. The lowest BCUT2D eigenvalue weighted by atomic mass is 10.0. The molecule has 1 aliphatic heterocycles. The summed E-state index contributed by atoms with van der Waals surface area (Å²) in [4.78, 5) is 22.1. The highest BCUT2D eigenvalue weighted by atomic mass is 16.4.